The van der Waals surface area contributed by atoms with Crippen molar-refractivity contribution in [3.63, 3.8) is 0 Å². The third-order valence-corrected chi connectivity index (χ3v) is 3.13. The Kier molecular flexibility index (Phi) is 3.13. The first-order valence-electron chi connectivity index (χ1n) is 3.18. The summed E-state index contributed by atoms with van der Waals surface area (Å²) in [5.41, 5.74) is 0.868. The van der Waals surface area contributed by atoms with Crippen molar-refractivity contribution in [2.24, 2.45) is 0 Å². The SMILES string of the molecule is C=C1CC=C(I)C(Cl)=C(F)C1. The topological polar surface area (TPSA) is 0 Å². The standard InChI is InChI=1S/C8H7ClFI/c1-5-2-3-7(11)8(9)6(10)4-5/h3H,1-2,4H2. The Morgan fingerprint density at radius 2 is 2.27 bits per heavy atom. The molecule has 0 aromatic carbocycles. The second kappa shape index (κ2) is 3.72. The highest BCUT2D eigenvalue weighted by Crippen LogP contribution is 2.33. The normalized spacial score (nSPS) is 19.9. The summed E-state index contributed by atoms with van der Waals surface area (Å²) in [6, 6.07) is 0. The monoisotopic (exact) mass is 284 g/mol. The molecule has 0 aromatic rings. The molecule has 11 heavy (non-hydrogen) atoms. The van der Waals surface area contributed by atoms with Crippen molar-refractivity contribution in [3.8, 4) is 0 Å². The molecular formula is C8H7ClFI. The predicted octanol–water partition coefficient (Wildman–Crippen LogP) is 4.08. The first kappa shape index (κ1) is 9.26. The fraction of sp³-hybridized carbons (Fsp3) is 0.250. The Hall–Kier alpha value is 0.170. The second-order valence-electron chi connectivity index (χ2n) is 2.40. The molecule has 0 amide bonds. The molecular weight excluding hydrogens is 277 g/mol. The van der Waals surface area contributed by atoms with E-state index in [-0.39, 0.29) is 17.3 Å². The Morgan fingerprint density at radius 1 is 1.64 bits per heavy atom. The van der Waals surface area contributed by atoms with E-state index in [2.05, 4.69) is 6.58 Å². The second-order valence-corrected chi connectivity index (χ2v) is 3.94. The van der Waals surface area contributed by atoms with Crippen LogP contribution in [0.15, 0.2) is 32.7 Å². The number of allylic oxidation sites excluding steroid dienone is 5. The van der Waals surface area contributed by atoms with Gasteiger partial charge in [-0.1, -0.05) is 29.8 Å². The minimum atomic E-state index is -0.269. The third kappa shape index (κ3) is 2.30. The van der Waals surface area contributed by atoms with Gasteiger partial charge in [-0.3, -0.25) is 0 Å². The van der Waals surface area contributed by atoms with Gasteiger partial charge in [0.15, 0.2) is 0 Å². The maximum absolute atomic E-state index is 13.0. The molecule has 0 radical (unpaired) electrons. The van der Waals surface area contributed by atoms with Gasteiger partial charge in [0.05, 0.1) is 5.03 Å². The van der Waals surface area contributed by atoms with Gasteiger partial charge in [0.1, 0.15) is 5.83 Å². The first-order chi connectivity index (χ1) is 5.11. The van der Waals surface area contributed by atoms with Crippen LogP contribution in [0.25, 0.3) is 0 Å². The quantitative estimate of drug-likeness (QED) is 0.464. The highest BCUT2D eigenvalue weighted by molar-refractivity contribution is 14.1. The number of rotatable bonds is 0. The van der Waals surface area contributed by atoms with E-state index in [9.17, 15) is 4.39 Å². The van der Waals surface area contributed by atoms with Gasteiger partial charge < -0.3 is 0 Å². The molecule has 0 unspecified atom stereocenters. The Bertz CT molecular complexity index is 253. The van der Waals surface area contributed by atoms with E-state index in [1.165, 1.54) is 0 Å². The predicted molar refractivity (Wildman–Crippen MR) is 54.5 cm³/mol. The van der Waals surface area contributed by atoms with Crippen LogP contribution in [-0.2, 0) is 0 Å². The molecule has 0 saturated carbocycles. The molecule has 0 saturated heterocycles. The van der Waals surface area contributed by atoms with Gasteiger partial charge in [0.25, 0.3) is 0 Å². The summed E-state index contributed by atoms with van der Waals surface area (Å²) >= 11 is 7.70. The minimum absolute atomic E-state index is 0.240. The molecule has 1 aliphatic carbocycles. The summed E-state index contributed by atoms with van der Waals surface area (Å²) in [6.45, 7) is 3.71. The molecule has 0 spiro atoms. The Morgan fingerprint density at radius 3 is 2.91 bits per heavy atom. The van der Waals surface area contributed by atoms with Gasteiger partial charge in [-0.25, -0.2) is 4.39 Å². The summed E-state index contributed by atoms with van der Waals surface area (Å²) in [4.78, 5) is 0. The van der Waals surface area contributed by atoms with Crippen LogP contribution in [0, 0.1) is 0 Å². The molecule has 60 valence electrons. The highest BCUT2D eigenvalue weighted by Gasteiger charge is 2.12. The van der Waals surface area contributed by atoms with E-state index in [0.717, 1.165) is 15.6 Å². The lowest BCUT2D eigenvalue weighted by atomic mass is 10.1. The van der Waals surface area contributed by atoms with E-state index < -0.39 is 0 Å². The van der Waals surface area contributed by atoms with Crippen molar-refractivity contribution in [1.29, 1.82) is 0 Å². The van der Waals surface area contributed by atoms with Crippen molar-refractivity contribution >= 4 is 34.2 Å². The number of hydrogen-bond acceptors (Lipinski definition) is 0. The van der Waals surface area contributed by atoms with Gasteiger partial charge in [0.2, 0.25) is 0 Å². The van der Waals surface area contributed by atoms with Gasteiger partial charge in [-0.05, 0) is 29.0 Å². The molecule has 0 atom stereocenters. The van der Waals surface area contributed by atoms with Crippen LogP contribution in [0.1, 0.15) is 12.8 Å². The van der Waals surface area contributed by atoms with Gasteiger partial charge in [0, 0.05) is 10.0 Å². The average Bonchev–Trinajstić information content (AvgIpc) is 2.05. The molecule has 0 heterocycles. The smallest absolute Gasteiger partial charge is 0.124 e. The third-order valence-electron chi connectivity index (χ3n) is 1.42. The van der Waals surface area contributed by atoms with Crippen molar-refractivity contribution in [2.45, 2.75) is 12.8 Å². The fourth-order valence-corrected chi connectivity index (χ4v) is 1.48. The van der Waals surface area contributed by atoms with Crippen molar-refractivity contribution in [1.82, 2.24) is 0 Å². The van der Waals surface area contributed by atoms with Crippen LogP contribution in [0.2, 0.25) is 0 Å². The zero-order chi connectivity index (χ0) is 8.43. The van der Waals surface area contributed by atoms with Crippen LogP contribution in [-0.4, -0.2) is 0 Å². The Balaban J connectivity index is 2.99. The lowest BCUT2D eigenvalue weighted by Gasteiger charge is -1.96. The van der Waals surface area contributed by atoms with Crippen LogP contribution < -0.4 is 0 Å². The number of hydrogen-bond donors (Lipinski definition) is 0. The van der Waals surface area contributed by atoms with Gasteiger partial charge in [-0.15, -0.1) is 0 Å². The molecule has 0 aliphatic heterocycles. The zero-order valence-corrected chi connectivity index (χ0v) is 8.75. The van der Waals surface area contributed by atoms with Gasteiger partial charge >= 0.3 is 0 Å². The summed E-state index contributed by atoms with van der Waals surface area (Å²) in [7, 11) is 0. The summed E-state index contributed by atoms with van der Waals surface area (Å²) in [5, 5.41) is 0.240. The minimum Gasteiger partial charge on any atom is -0.210 e. The van der Waals surface area contributed by atoms with Crippen molar-refractivity contribution < 1.29 is 4.39 Å². The summed E-state index contributed by atoms with van der Waals surface area (Å²) < 4.78 is 13.8. The van der Waals surface area contributed by atoms with Crippen molar-refractivity contribution in [2.75, 3.05) is 0 Å². The molecule has 0 bridgehead atoms. The molecule has 1 aliphatic rings. The molecule has 1 rings (SSSR count). The van der Waals surface area contributed by atoms with E-state index >= 15 is 0 Å². The maximum atomic E-state index is 13.0. The Labute approximate surface area is 83.9 Å². The fourth-order valence-electron chi connectivity index (χ4n) is 0.822. The number of halogens is 3. The largest absolute Gasteiger partial charge is 0.210 e. The molecule has 0 fully saturated rings. The van der Waals surface area contributed by atoms with Crippen LogP contribution in [0.3, 0.4) is 0 Å². The van der Waals surface area contributed by atoms with E-state index in [0.29, 0.717) is 0 Å². The average molecular weight is 284 g/mol. The first-order valence-corrected chi connectivity index (χ1v) is 4.63. The molecule has 3 heteroatoms. The van der Waals surface area contributed by atoms with E-state index in [4.69, 9.17) is 11.6 Å². The van der Waals surface area contributed by atoms with Gasteiger partial charge in [-0.2, -0.15) is 0 Å². The summed E-state index contributed by atoms with van der Waals surface area (Å²) in [6.07, 6.45) is 2.89. The van der Waals surface area contributed by atoms with E-state index in [1.807, 2.05) is 28.7 Å². The zero-order valence-electron chi connectivity index (χ0n) is 5.83. The van der Waals surface area contributed by atoms with Crippen LogP contribution in [0.4, 0.5) is 4.39 Å². The van der Waals surface area contributed by atoms with Crippen molar-refractivity contribution in [3.05, 3.63) is 32.7 Å². The maximum Gasteiger partial charge on any atom is 0.124 e. The molecule has 0 nitrogen and oxygen atoms in total. The van der Waals surface area contributed by atoms with E-state index in [1.54, 1.807) is 0 Å². The lowest BCUT2D eigenvalue weighted by Crippen LogP contribution is -1.79. The molecule has 0 N–H and O–H groups in total. The lowest BCUT2D eigenvalue weighted by molar-refractivity contribution is 0.608. The van der Waals surface area contributed by atoms with Crippen LogP contribution >= 0.6 is 34.2 Å². The van der Waals surface area contributed by atoms with Crippen LogP contribution in [0.5, 0.6) is 0 Å². The highest BCUT2D eigenvalue weighted by atomic mass is 127. The molecule has 0 aromatic heterocycles. The summed E-state index contributed by atoms with van der Waals surface area (Å²) in [5.74, 6) is -0.269.